The van der Waals surface area contributed by atoms with Crippen molar-refractivity contribution in [1.29, 1.82) is 0 Å². The zero-order valence-electron chi connectivity index (χ0n) is 10.6. The SMILES string of the molecule is CC(O)c1cccc(OCC2CCCCC2)c1. The summed E-state index contributed by atoms with van der Waals surface area (Å²) in [5, 5.41) is 9.51. The molecular formula is C15H22O2. The first kappa shape index (κ1) is 12.4. The molecule has 17 heavy (non-hydrogen) atoms. The van der Waals surface area contributed by atoms with Crippen molar-refractivity contribution in [3.8, 4) is 5.75 Å². The van der Waals surface area contributed by atoms with Gasteiger partial charge in [0.15, 0.2) is 0 Å². The minimum atomic E-state index is -0.423. The average molecular weight is 234 g/mol. The van der Waals surface area contributed by atoms with E-state index in [1.54, 1.807) is 6.92 Å². The minimum Gasteiger partial charge on any atom is -0.493 e. The molecule has 0 amide bonds. The van der Waals surface area contributed by atoms with Crippen LogP contribution in [-0.4, -0.2) is 11.7 Å². The summed E-state index contributed by atoms with van der Waals surface area (Å²) in [4.78, 5) is 0. The normalized spacial score (nSPS) is 18.9. The molecule has 1 atom stereocenters. The maximum atomic E-state index is 9.51. The van der Waals surface area contributed by atoms with Crippen LogP contribution in [0.15, 0.2) is 24.3 Å². The highest BCUT2D eigenvalue weighted by Gasteiger charge is 2.14. The van der Waals surface area contributed by atoms with Crippen molar-refractivity contribution in [2.45, 2.75) is 45.1 Å². The molecule has 0 spiro atoms. The number of aliphatic hydroxyl groups is 1. The molecule has 0 bridgehead atoms. The molecule has 2 heteroatoms. The summed E-state index contributed by atoms with van der Waals surface area (Å²) in [5.74, 6) is 1.60. The highest BCUT2D eigenvalue weighted by molar-refractivity contribution is 5.29. The van der Waals surface area contributed by atoms with Crippen LogP contribution in [0.4, 0.5) is 0 Å². The van der Waals surface area contributed by atoms with E-state index in [0.717, 1.165) is 23.8 Å². The fraction of sp³-hybridized carbons (Fsp3) is 0.600. The third-order valence-electron chi connectivity index (χ3n) is 3.55. The highest BCUT2D eigenvalue weighted by Crippen LogP contribution is 2.25. The maximum Gasteiger partial charge on any atom is 0.119 e. The van der Waals surface area contributed by atoms with Gasteiger partial charge in [0.05, 0.1) is 12.7 Å². The summed E-state index contributed by atoms with van der Waals surface area (Å²) in [6, 6.07) is 7.78. The Kier molecular flexibility index (Phi) is 4.43. The molecule has 1 aromatic carbocycles. The summed E-state index contributed by atoms with van der Waals surface area (Å²) in [5.41, 5.74) is 0.922. The van der Waals surface area contributed by atoms with Crippen molar-refractivity contribution in [3.05, 3.63) is 29.8 Å². The smallest absolute Gasteiger partial charge is 0.119 e. The highest BCUT2D eigenvalue weighted by atomic mass is 16.5. The van der Waals surface area contributed by atoms with Gasteiger partial charge in [0.25, 0.3) is 0 Å². The zero-order chi connectivity index (χ0) is 12.1. The number of rotatable bonds is 4. The predicted octanol–water partition coefficient (Wildman–Crippen LogP) is 3.70. The Hall–Kier alpha value is -1.02. The maximum absolute atomic E-state index is 9.51. The third-order valence-corrected chi connectivity index (χ3v) is 3.55. The lowest BCUT2D eigenvalue weighted by Gasteiger charge is -2.21. The topological polar surface area (TPSA) is 29.5 Å². The van der Waals surface area contributed by atoms with Crippen LogP contribution in [0.1, 0.15) is 50.7 Å². The lowest BCUT2D eigenvalue weighted by Crippen LogP contribution is -2.15. The van der Waals surface area contributed by atoms with Gasteiger partial charge < -0.3 is 9.84 Å². The van der Waals surface area contributed by atoms with Crippen LogP contribution in [0.2, 0.25) is 0 Å². The molecule has 1 unspecified atom stereocenters. The van der Waals surface area contributed by atoms with Gasteiger partial charge in [-0.2, -0.15) is 0 Å². The Morgan fingerprint density at radius 3 is 2.76 bits per heavy atom. The Bertz CT molecular complexity index is 341. The van der Waals surface area contributed by atoms with E-state index in [1.165, 1.54) is 32.1 Å². The Labute approximate surface area is 104 Å². The van der Waals surface area contributed by atoms with Gasteiger partial charge in [-0.05, 0) is 43.4 Å². The summed E-state index contributed by atoms with van der Waals surface area (Å²) < 4.78 is 5.83. The van der Waals surface area contributed by atoms with Crippen molar-refractivity contribution in [2.24, 2.45) is 5.92 Å². The average Bonchev–Trinajstić information content (AvgIpc) is 2.38. The second-order valence-corrected chi connectivity index (χ2v) is 5.06. The monoisotopic (exact) mass is 234 g/mol. The van der Waals surface area contributed by atoms with Crippen LogP contribution in [0.25, 0.3) is 0 Å². The number of hydrogen-bond acceptors (Lipinski definition) is 2. The zero-order valence-corrected chi connectivity index (χ0v) is 10.6. The van der Waals surface area contributed by atoms with Gasteiger partial charge in [-0.25, -0.2) is 0 Å². The van der Waals surface area contributed by atoms with Crippen LogP contribution in [-0.2, 0) is 0 Å². The molecule has 0 saturated heterocycles. The molecule has 0 aromatic heterocycles. The van der Waals surface area contributed by atoms with E-state index >= 15 is 0 Å². The molecule has 1 aromatic rings. The quantitative estimate of drug-likeness (QED) is 0.860. The molecule has 1 fully saturated rings. The molecule has 2 nitrogen and oxygen atoms in total. The first-order chi connectivity index (χ1) is 8.25. The summed E-state index contributed by atoms with van der Waals surface area (Å²) >= 11 is 0. The van der Waals surface area contributed by atoms with E-state index in [-0.39, 0.29) is 0 Å². The first-order valence-electron chi connectivity index (χ1n) is 6.66. The lowest BCUT2D eigenvalue weighted by molar-refractivity contribution is 0.195. The van der Waals surface area contributed by atoms with Crippen molar-refractivity contribution in [3.63, 3.8) is 0 Å². The van der Waals surface area contributed by atoms with Crippen molar-refractivity contribution >= 4 is 0 Å². The second-order valence-electron chi connectivity index (χ2n) is 5.06. The van der Waals surface area contributed by atoms with E-state index in [4.69, 9.17) is 4.74 Å². The second kappa shape index (κ2) is 6.06. The number of hydrogen-bond donors (Lipinski definition) is 1. The van der Waals surface area contributed by atoms with Crippen LogP contribution < -0.4 is 4.74 Å². The molecular weight excluding hydrogens is 212 g/mol. The molecule has 0 radical (unpaired) electrons. The van der Waals surface area contributed by atoms with E-state index < -0.39 is 6.10 Å². The van der Waals surface area contributed by atoms with Gasteiger partial charge in [-0.1, -0.05) is 31.4 Å². The molecule has 0 aliphatic heterocycles. The van der Waals surface area contributed by atoms with Gasteiger partial charge in [0.2, 0.25) is 0 Å². The largest absolute Gasteiger partial charge is 0.493 e. The molecule has 1 saturated carbocycles. The molecule has 2 rings (SSSR count). The van der Waals surface area contributed by atoms with Crippen molar-refractivity contribution in [2.75, 3.05) is 6.61 Å². The van der Waals surface area contributed by atoms with Crippen LogP contribution in [0.5, 0.6) is 5.75 Å². The van der Waals surface area contributed by atoms with Gasteiger partial charge in [0, 0.05) is 0 Å². The standard InChI is InChI=1S/C15H22O2/c1-12(16)14-8-5-9-15(10-14)17-11-13-6-3-2-4-7-13/h5,8-10,12-13,16H,2-4,6-7,11H2,1H3. The fourth-order valence-electron chi connectivity index (χ4n) is 2.43. The number of ether oxygens (including phenoxy) is 1. The van der Waals surface area contributed by atoms with Crippen LogP contribution in [0, 0.1) is 5.92 Å². The summed E-state index contributed by atoms with van der Waals surface area (Å²) in [6.45, 7) is 2.60. The Morgan fingerprint density at radius 1 is 1.29 bits per heavy atom. The Morgan fingerprint density at radius 2 is 2.06 bits per heavy atom. The van der Waals surface area contributed by atoms with E-state index in [0.29, 0.717) is 0 Å². The van der Waals surface area contributed by atoms with Gasteiger partial charge in [0.1, 0.15) is 5.75 Å². The Balaban J connectivity index is 1.87. The molecule has 94 valence electrons. The van der Waals surface area contributed by atoms with Crippen LogP contribution in [0.3, 0.4) is 0 Å². The first-order valence-corrected chi connectivity index (χ1v) is 6.66. The fourth-order valence-corrected chi connectivity index (χ4v) is 2.43. The number of benzene rings is 1. The molecule has 1 aliphatic rings. The minimum absolute atomic E-state index is 0.423. The summed E-state index contributed by atoms with van der Waals surface area (Å²) in [6.07, 6.45) is 6.26. The van der Waals surface area contributed by atoms with Crippen molar-refractivity contribution in [1.82, 2.24) is 0 Å². The molecule has 1 aliphatic carbocycles. The lowest BCUT2D eigenvalue weighted by atomic mass is 9.90. The van der Waals surface area contributed by atoms with Crippen molar-refractivity contribution < 1.29 is 9.84 Å². The van der Waals surface area contributed by atoms with Gasteiger partial charge in [-0.3, -0.25) is 0 Å². The third kappa shape index (κ3) is 3.74. The van der Waals surface area contributed by atoms with Crippen LogP contribution >= 0.6 is 0 Å². The van der Waals surface area contributed by atoms with Gasteiger partial charge >= 0.3 is 0 Å². The predicted molar refractivity (Wildman–Crippen MR) is 69.1 cm³/mol. The molecule has 1 N–H and O–H groups in total. The van der Waals surface area contributed by atoms with E-state index in [9.17, 15) is 5.11 Å². The van der Waals surface area contributed by atoms with E-state index in [2.05, 4.69) is 0 Å². The van der Waals surface area contributed by atoms with E-state index in [1.807, 2.05) is 24.3 Å². The number of aliphatic hydroxyl groups excluding tert-OH is 1. The van der Waals surface area contributed by atoms with Gasteiger partial charge in [-0.15, -0.1) is 0 Å². The summed E-state index contributed by atoms with van der Waals surface area (Å²) in [7, 11) is 0. The molecule has 0 heterocycles.